The minimum absolute atomic E-state index is 0. The molecule has 2 aliphatic rings. The first-order chi connectivity index (χ1) is 40.9. The van der Waals surface area contributed by atoms with Gasteiger partial charge in [0.05, 0.1) is 39.6 Å². The first kappa shape index (κ1) is 95.5. The van der Waals surface area contributed by atoms with Crippen molar-refractivity contribution in [2.75, 3.05) is 39.6 Å². The Bertz CT molecular complexity index is 1400. The van der Waals surface area contributed by atoms with E-state index in [0.29, 0.717) is 12.8 Å². The van der Waals surface area contributed by atoms with Gasteiger partial charge >= 0.3 is 71.1 Å². The number of carbonyl (C=O) groups excluding carboxylic acids is 3. The van der Waals surface area contributed by atoms with Crippen molar-refractivity contribution in [2.45, 2.75) is 352 Å². The van der Waals surface area contributed by atoms with E-state index in [1.165, 1.54) is 186 Å². The molecule has 2 aliphatic heterocycles. The number of carboxylic acid groups (broad SMARTS) is 1. The average Bonchev–Trinajstić information content (AvgIpc) is 2.41. The molecule has 8 atom stereocenters. The van der Waals surface area contributed by atoms with Crippen LogP contribution >= 0.6 is 0 Å². The molecule has 2 saturated heterocycles. The van der Waals surface area contributed by atoms with Gasteiger partial charge in [0.1, 0.15) is 36.6 Å². The molecule has 0 spiro atoms. The van der Waals surface area contributed by atoms with Crippen LogP contribution < -0.4 is 76.6 Å². The molecule has 0 aliphatic carbocycles. The normalized spacial score (nSPS) is 18.4. The summed E-state index contributed by atoms with van der Waals surface area (Å²) in [5.74, 6) is -1.70. The smallest absolute Gasteiger partial charge is 1.00 e. The predicted molar refractivity (Wildman–Crippen MR) is 335 cm³/mol. The molecule has 0 amide bonds. The quantitative estimate of drug-likeness (QED) is 0.0188. The molecule has 0 saturated carbocycles. The Hall–Kier alpha value is -0.220. The van der Waals surface area contributed by atoms with E-state index in [1.54, 1.807) is 0 Å². The number of carbonyl (C=O) groups is 3. The molecule has 0 unspecified atom stereocenters. The summed E-state index contributed by atoms with van der Waals surface area (Å²) in [6, 6.07) is 0. The van der Waals surface area contributed by atoms with E-state index in [2.05, 4.69) is 45.1 Å². The van der Waals surface area contributed by atoms with Crippen LogP contribution in [0.3, 0.4) is 0 Å². The van der Waals surface area contributed by atoms with Gasteiger partial charge in [0.2, 0.25) is 0 Å². The van der Waals surface area contributed by atoms with Crippen LogP contribution in [0.25, 0.3) is 0 Å². The summed E-state index contributed by atoms with van der Waals surface area (Å²) in [6.07, 6.45) is 52.9. The maximum absolute atomic E-state index is 11.9. The fourth-order valence-corrected chi connectivity index (χ4v) is 10.1. The average molecular weight is 1280 g/mol. The molecule has 506 valence electrons. The van der Waals surface area contributed by atoms with Gasteiger partial charge in [-0.05, 0) is 77.0 Å². The van der Waals surface area contributed by atoms with Gasteiger partial charge in [-0.25, -0.2) is 0 Å². The zero-order valence-electron chi connectivity index (χ0n) is 56.0. The molecule has 0 aromatic carbocycles. The van der Waals surface area contributed by atoms with Crippen LogP contribution in [0.5, 0.6) is 0 Å². The first-order valence-electron chi connectivity index (χ1n) is 34.2. The van der Waals surface area contributed by atoms with Gasteiger partial charge in [0.25, 0.3) is 0 Å². The number of aliphatic carboxylic acids is 1. The fourth-order valence-electron chi connectivity index (χ4n) is 10.1. The zero-order valence-corrected chi connectivity index (χ0v) is 60.8. The zero-order chi connectivity index (χ0) is 62.4. The van der Waals surface area contributed by atoms with Gasteiger partial charge in [-0.2, -0.15) is 0 Å². The number of carboxylic acids is 1. The summed E-state index contributed by atoms with van der Waals surface area (Å²) in [5.41, 5.74) is 0. The summed E-state index contributed by atoms with van der Waals surface area (Å²) in [7, 11) is 0. The molecular formula is C68H129ClNa2O16. The Morgan fingerprint density at radius 3 is 0.839 bits per heavy atom. The van der Waals surface area contributed by atoms with Gasteiger partial charge in [-0.1, -0.05) is 238 Å². The van der Waals surface area contributed by atoms with Gasteiger partial charge in [-0.3, -0.25) is 9.59 Å². The molecule has 0 radical (unpaired) electrons. The van der Waals surface area contributed by atoms with Crippen molar-refractivity contribution in [3.63, 3.8) is 0 Å². The van der Waals surface area contributed by atoms with Crippen molar-refractivity contribution in [2.24, 2.45) is 0 Å². The summed E-state index contributed by atoms with van der Waals surface area (Å²) < 4.78 is 20.9. The summed E-state index contributed by atoms with van der Waals surface area (Å²) in [6.45, 7) is 5.60. The van der Waals surface area contributed by atoms with Crippen LogP contribution in [0.1, 0.15) is 303 Å². The Balaban J connectivity index is -0.000000375. The Kier molecular flexibility index (Phi) is 82.1. The third-order valence-electron chi connectivity index (χ3n) is 15.4. The molecule has 87 heavy (non-hydrogen) atoms. The predicted octanol–water partition coefficient (Wildman–Crippen LogP) is 3.08. The van der Waals surface area contributed by atoms with Crippen LogP contribution in [0.15, 0.2) is 24.3 Å². The number of esters is 2. The van der Waals surface area contributed by atoms with Crippen LogP contribution in [-0.4, -0.2) is 147 Å². The molecule has 2 heterocycles. The number of hydrogen-bond donors (Lipinski definition) is 8. The number of ether oxygens (including phenoxy) is 4. The van der Waals surface area contributed by atoms with Crippen molar-refractivity contribution in [1.82, 2.24) is 0 Å². The number of hydrogen-bond acceptors (Lipinski definition) is 16. The summed E-state index contributed by atoms with van der Waals surface area (Å²) in [4.78, 5) is 34.1. The number of unbranched alkanes of at least 4 members (excludes halogenated alkanes) is 36. The van der Waals surface area contributed by atoms with Gasteiger partial charge in [0, 0.05) is 18.8 Å². The molecular weight excluding hydrogens is 1150 g/mol. The second kappa shape index (κ2) is 74.8. The number of aliphatic hydroxyl groups is 8. The largest absolute Gasteiger partial charge is 1.00 e. The van der Waals surface area contributed by atoms with E-state index in [-0.39, 0.29) is 104 Å². The molecule has 0 aromatic rings. The SMILES string of the molecule is CCCCCCCC/C=C\CCCCCCCC(=O)O[C@H](CO)[C@H]1OC[C@H](O)[C@H]1O.CCCCCCCC/C=C\CCCCCCCC(=O)O[C@H](CO)[C@H]1OC[C@H](O)[C@H]1O.CCCCCCCCCCCCCCCCCC(=O)[O-].OCCO.[Cl-].[Na+].[Na+]. The van der Waals surface area contributed by atoms with Crippen LogP contribution in [-0.2, 0) is 33.3 Å². The van der Waals surface area contributed by atoms with E-state index in [9.17, 15) is 50.1 Å². The van der Waals surface area contributed by atoms with Gasteiger partial charge in [-0.15, -0.1) is 0 Å². The molecule has 0 bridgehead atoms. The molecule has 2 fully saturated rings. The molecule has 19 heteroatoms. The van der Waals surface area contributed by atoms with Crippen molar-refractivity contribution in [3.8, 4) is 0 Å². The fraction of sp³-hybridized carbons (Fsp3) is 0.897. The van der Waals surface area contributed by atoms with Gasteiger partial charge in [0.15, 0.2) is 12.2 Å². The molecule has 2 rings (SSSR count). The maximum atomic E-state index is 11.9. The van der Waals surface area contributed by atoms with Crippen molar-refractivity contribution in [1.29, 1.82) is 0 Å². The van der Waals surface area contributed by atoms with Gasteiger partial charge < -0.3 is 82.1 Å². The number of aliphatic hydroxyl groups excluding tert-OH is 8. The van der Waals surface area contributed by atoms with E-state index < -0.39 is 80.0 Å². The van der Waals surface area contributed by atoms with Crippen molar-refractivity contribution in [3.05, 3.63) is 24.3 Å². The summed E-state index contributed by atoms with van der Waals surface area (Å²) >= 11 is 0. The van der Waals surface area contributed by atoms with Crippen LogP contribution in [0.2, 0.25) is 0 Å². The second-order valence-electron chi connectivity index (χ2n) is 23.3. The van der Waals surface area contributed by atoms with E-state index >= 15 is 0 Å². The standard InChI is InChI=1S/2C24H44O6.C18H36O2.C2H6O2.ClH.2Na/c2*1-2-3-4-5-6-7-8-9-10-11-12-13-14-15-16-17-22(27)30-21(18-25)24-23(28)20(26)19-29-24;1-2-3-4-5-6-7-8-9-10-11-12-13-14-15-16-17-18(19)20;3-1-2-4;;;/h2*9-10,20-21,23-26,28H,2-8,11-19H2,1H3;2-17H2,1H3,(H,19,20);3-4H,1-2H2;1H;;/q;;;;;2*+1/p-2/b2*10-9-;;;;;/t2*20-,21+,23+,24+;;;;;/m00...../s1. The molecule has 0 aromatic heterocycles. The molecule has 8 N–H and O–H groups in total. The van der Waals surface area contributed by atoms with E-state index in [4.69, 9.17) is 29.2 Å². The Morgan fingerprint density at radius 1 is 0.402 bits per heavy atom. The van der Waals surface area contributed by atoms with E-state index in [1.807, 2.05) is 0 Å². The topological polar surface area (TPSA) is 273 Å². The third-order valence-corrected chi connectivity index (χ3v) is 15.4. The van der Waals surface area contributed by atoms with Crippen molar-refractivity contribution < 1.29 is 151 Å². The minimum Gasteiger partial charge on any atom is -1.00 e. The number of allylic oxidation sites excluding steroid dienone is 4. The first-order valence-corrected chi connectivity index (χ1v) is 34.2. The Morgan fingerprint density at radius 2 is 0.632 bits per heavy atom. The number of halogens is 1. The van der Waals surface area contributed by atoms with Crippen molar-refractivity contribution >= 4 is 17.9 Å². The van der Waals surface area contributed by atoms with E-state index in [0.717, 1.165) is 77.0 Å². The third kappa shape index (κ3) is 63.0. The minimum atomic E-state index is -1.14. The molecule has 16 nitrogen and oxygen atoms in total. The second-order valence-corrected chi connectivity index (χ2v) is 23.3. The number of rotatable bonds is 53. The maximum Gasteiger partial charge on any atom is 1.00 e. The van der Waals surface area contributed by atoms with Crippen LogP contribution in [0, 0.1) is 0 Å². The Labute approximate surface area is 580 Å². The monoisotopic (exact) mass is 1280 g/mol. The van der Waals surface area contributed by atoms with Crippen LogP contribution in [0.4, 0.5) is 0 Å². The summed E-state index contributed by atoms with van der Waals surface area (Å²) in [5, 5.41) is 82.9.